The van der Waals surface area contributed by atoms with Gasteiger partial charge >= 0.3 is 0 Å². The molecule has 2 aliphatic carbocycles. The number of nitriles is 1. The van der Waals surface area contributed by atoms with Crippen LogP contribution in [0.1, 0.15) is 70.5 Å². The molecule has 2 saturated heterocycles. The second-order valence-corrected chi connectivity index (χ2v) is 12.0. The molecule has 3 aromatic rings. The van der Waals surface area contributed by atoms with Crippen LogP contribution in [0.15, 0.2) is 36.4 Å². The van der Waals surface area contributed by atoms with Gasteiger partial charge in [-0.3, -0.25) is 9.59 Å². The Labute approximate surface area is 243 Å². The second-order valence-electron chi connectivity index (χ2n) is 12.0. The van der Waals surface area contributed by atoms with Gasteiger partial charge in [-0.05, 0) is 104 Å². The fraction of sp³-hybridized carbons (Fsp3) is 0.484. The van der Waals surface area contributed by atoms with Crippen molar-refractivity contribution in [3.05, 3.63) is 75.9 Å². The lowest BCUT2D eigenvalue weighted by molar-refractivity contribution is -0.131. The van der Waals surface area contributed by atoms with Crippen LogP contribution >= 0.6 is 0 Å². The molecule has 2 amide bonds. The van der Waals surface area contributed by atoms with Crippen molar-refractivity contribution in [3.8, 4) is 6.07 Å². The second kappa shape index (κ2) is 10.6. The number of aromatic nitrogens is 4. The van der Waals surface area contributed by atoms with Crippen molar-refractivity contribution < 1.29 is 14.0 Å². The standard InChI is InChI=1S/C31H33FN8O2/c32-23-6-8-26-20(14-23)4-3-19-13-21(29(42)39-11-1-2-12-39)5-7-25(19)31(26,30-35-37-38-36-30)9-10-34-18-28(41)40-24(17-33)15-22-16-27(22)40/h5-8,13-14,22,24,27,34H,1-4,9-12,15-16,18H2,(H,35,36,37,38)/t22-,24+,27+,31?/m1/s1. The predicted molar refractivity (Wildman–Crippen MR) is 150 cm³/mol. The molecule has 10 nitrogen and oxygen atoms in total. The van der Waals surface area contributed by atoms with E-state index in [0.29, 0.717) is 43.1 Å². The van der Waals surface area contributed by atoms with Gasteiger partial charge in [0.25, 0.3) is 5.91 Å². The fourth-order valence-corrected chi connectivity index (χ4v) is 7.51. The smallest absolute Gasteiger partial charge is 0.253 e. The number of hydrogen-bond donors (Lipinski definition) is 2. The van der Waals surface area contributed by atoms with Gasteiger partial charge in [0, 0.05) is 24.7 Å². The zero-order valence-electron chi connectivity index (χ0n) is 23.4. The number of amides is 2. The molecule has 216 valence electrons. The Hall–Kier alpha value is -4.17. The number of rotatable bonds is 7. The van der Waals surface area contributed by atoms with Gasteiger partial charge in [-0.1, -0.05) is 17.3 Å². The van der Waals surface area contributed by atoms with E-state index in [1.807, 2.05) is 23.1 Å². The molecular weight excluding hydrogens is 535 g/mol. The van der Waals surface area contributed by atoms with Gasteiger partial charge in [-0.2, -0.15) is 10.5 Å². The lowest BCUT2D eigenvalue weighted by Gasteiger charge is -2.34. The zero-order valence-corrected chi connectivity index (χ0v) is 23.4. The molecule has 7 rings (SSSR count). The number of aromatic amines is 1. The number of H-pyrrole nitrogens is 1. The van der Waals surface area contributed by atoms with E-state index in [4.69, 9.17) is 0 Å². The Kier molecular flexibility index (Phi) is 6.73. The first-order chi connectivity index (χ1) is 20.5. The molecule has 1 unspecified atom stereocenters. The molecule has 4 aliphatic rings. The number of tetrazole rings is 1. The lowest BCUT2D eigenvalue weighted by atomic mass is 9.69. The SMILES string of the molecule is N#C[C@@H]1C[C@@H]2C[C@@H]2N1C(=O)CNCCC1(c2nn[nH]n2)c2ccc(F)cc2CCc2cc(C(=O)N3CCCC3)ccc21. The maximum atomic E-state index is 14.6. The molecule has 0 spiro atoms. The highest BCUT2D eigenvalue weighted by Crippen LogP contribution is 2.48. The minimum Gasteiger partial charge on any atom is -0.339 e. The van der Waals surface area contributed by atoms with E-state index in [1.165, 1.54) is 6.07 Å². The number of benzene rings is 2. The summed E-state index contributed by atoms with van der Waals surface area (Å²) < 4.78 is 14.6. The molecule has 1 aromatic heterocycles. The van der Waals surface area contributed by atoms with E-state index in [2.05, 4.69) is 32.0 Å². The number of hydrogen-bond acceptors (Lipinski definition) is 7. The summed E-state index contributed by atoms with van der Waals surface area (Å²) in [7, 11) is 0. The first-order valence-corrected chi connectivity index (χ1v) is 14.9. The molecule has 3 heterocycles. The third-order valence-corrected chi connectivity index (χ3v) is 9.62. The van der Waals surface area contributed by atoms with Crippen molar-refractivity contribution in [2.75, 3.05) is 26.2 Å². The number of likely N-dealkylation sites (tertiary alicyclic amines) is 2. The normalized spacial score (nSPS) is 25.8. The molecule has 2 aromatic carbocycles. The number of nitrogens with one attached hydrogen (secondary N) is 2. The largest absolute Gasteiger partial charge is 0.339 e. The average molecular weight is 569 g/mol. The summed E-state index contributed by atoms with van der Waals surface area (Å²) >= 11 is 0. The summed E-state index contributed by atoms with van der Waals surface area (Å²) in [6.45, 7) is 2.10. The highest BCUT2D eigenvalue weighted by molar-refractivity contribution is 5.94. The molecule has 42 heavy (non-hydrogen) atoms. The topological polar surface area (TPSA) is 131 Å². The molecule has 2 N–H and O–H groups in total. The third kappa shape index (κ3) is 4.45. The van der Waals surface area contributed by atoms with Crippen molar-refractivity contribution in [3.63, 3.8) is 0 Å². The van der Waals surface area contributed by atoms with Crippen LogP contribution in [0.5, 0.6) is 0 Å². The van der Waals surface area contributed by atoms with Gasteiger partial charge < -0.3 is 15.1 Å². The number of fused-ring (bicyclic) bond motifs is 3. The average Bonchev–Trinajstić information content (AvgIpc) is 3.43. The number of halogens is 1. The molecule has 4 atom stereocenters. The summed E-state index contributed by atoms with van der Waals surface area (Å²) in [5.74, 6) is 0.571. The Morgan fingerprint density at radius 1 is 1.10 bits per heavy atom. The number of carbonyl (C=O) groups excluding carboxylic acids is 2. The Bertz CT molecular complexity index is 1560. The highest BCUT2D eigenvalue weighted by atomic mass is 19.1. The van der Waals surface area contributed by atoms with Gasteiger partial charge in [-0.15, -0.1) is 10.2 Å². The van der Waals surface area contributed by atoms with E-state index in [0.717, 1.165) is 61.0 Å². The monoisotopic (exact) mass is 568 g/mol. The van der Waals surface area contributed by atoms with Gasteiger partial charge in [-0.25, -0.2) is 4.39 Å². The minimum atomic E-state index is -0.891. The summed E-state index contributed by atoms with van der Waals surface area (Å²) in [5, 5.41) is 28.2. The zero-order chi connectivity index (χ0) is 28.8. The lowest BCUT2D eigenvalue weighted by Crippen LogP contribution is -2.44. The summed E-state index contributed by atoms with van der Waals surface area (Å²) in [6, 6.07) is 12.8. The number of nitrogens with zero attached hydrogens (tertiary/aromatic N) is 6. The van der Waals surface area contributed by atoms with E-state index in [9.17, 15) is 19.2 Å². The van der Waals surface area contributed by atoms with E-state index in [-0.39, 0.29) is 36.3 Å². The molecule has 0 bridgehead atoms. The molecule has 11 heteroatoms. The third-order valence-electron chi connectivity index (χ3n) is 9.62. The van der Waals surface area contributed by atoms with E-state index in [1.54, 1.807) is 17.0 Å². The van der Waals surface area contributed by atoms with Gasteiger partial charge in [0.05, 0.1) is 18.0 Å². The fourth-order valence-electron chi connectivity index (χ4n) is 7.51. The minimum absolute atomic E-state index is 0.0314. The van der Waals surface area contributed by atoms with Gasteiger partial charge in [0.15, 0.2) is 5.82 Å². The van der Waals surface area contributed by atoms with Crippen molar-refractivity contribution in [1.82, 2.24) is 35.7 Å². The molecular formula is C31H33FN8O2. The maximum absolute atomic E-state index is 14.6. The molecule has 2 aliphatic heterocycles. The van der Waals surface area contributed by atoms with Crippen LogP contribution < -0.4 is 5.32 Å². The maximum Gasteiger partial charge on any atom is 0.253 e. The summed E-state index contributed by atoms with van der Waals surface area (Å²) in [5.41, 5.74) is 3.44. The van der Waals surface area contributed by atoms with Crippen LogP contribution in [0.3, 0.4) is 0 Å². The quantitative estimate of drug-likeness (QED) is 0.419. The van der Waals surface area contributed by atoms with Crippen molar-refractivity contribution in [2.45, 2.75) is 62.4 Å². The molecule has 0 radical (unpaired) electrons. The van der Waals surface area contributed by atoms with E-state index < -0.39 is 5.41 Å². The van der Waals surface area contributed by atoms with Crippen LogP contribution in [0.4, 0.5) is 4.39 Å². The van der Waals surface area contributed by atoms with Crippen LogP contribution in [0, 0.1) is 23.1 Å². The Morgan fingerprint density at radius 2 is 1.86 bits per heavy atom. The number of aryl methyl sites for hydroxylation is 2. The van der Waals surface area contributed by atoms with Crippen molar-refractivity contribution >= 4 is 11.8 Å². The van der Waals surface area contributed by atoms with Crippen molar-refractivity contribution in [2.24, 2.45) is 5.92 Å². The highest BCUT2D eigenvalue weighted by Gasteiger charge is 2.54. The summed E-state index contributed by atoms with van der Waals surface area (Å²) in [4.78, 5) is 30.1. The molecule has 3 fully saturated rings. The van der Waals surface area contributed by atoms with Crippen LogP contribution in [-0.2, 0) is 23.1 Å². The first kappa shape index (κ1) is 26.7. The van der Waals surface area contributed by atoms with Crippen LogP contribution in [0.2, 0.25) is 0 Å². The first-order valence-electron chi connectivity index (χ1n) is 14.9. The Morgan fingerprint density at radius 3 is 2.60 bits per heavy atom. The predicted octanol–water partition coefficient (Wildman–Crippen LogP) is 2.50. The van der Waals surface area contributed by atoms with Gasteiger partial charge in [0.2, 0.25) is 5.91 Å². The van der Waals surface area contributed by atoms with Crippen LogP contribution in [0.25, 0.3) is 0 Å². The summed E-state index contributed by atoms with van der Waals surface area (Å²) in [6.07, 6.45) is 5.48. The van der Waals surface area contributed by atoms with Crippen LogP contribution in [-0.4, -0.2) is 80.5 Å². The number of piperidine rings is 1. The van der Waals surface area contributed by atoms with E-state index >= 15 is 0 Å². The number of carbonyl (C=O) groups is 2. The molecule has 1 saturated carbocycles. The van der Waals surface area contributed by atoms with Crippen molar-refractivity contribution in [1.29, 1.82) is 5.26 Å². The Balaban J connectivity index is 1.22. The van der Waals surface area contributed by atoms with Gasteiger partial charge in [0.1, 0.15) is 11.9 Å².